The number of aliphatic hydroxyl groups excluding tert-OH is 1. The van der Waals surface area contributed by atoms with Crippen molar-refractivity contribution in [3.63, 3.8) is 0 Å². The molecule has 1 rings (SSSR count). The molecule has 1 aromatic rings. The van der Waals surface area contributed by atoms with Crippen LogP contribution in [0.15, 0.2) is 23.2 Å². The molecule has 0 saturated heterocycles. The highest BCUT2D eigenvalue weighted by atomic mass is 19.1. The molecule has 5 heteroatoms. The number of nitrogens with one attached hydrogen (secondary N) is 2. The first-order chi connectivity index (χ1) is 9.47. The molecule has 1 atom stereocenters. The van der Waals surface area contributed by atoms with E-state index in [9.17, 15) is 4.39 Å². The van der Waals surface area contributed by atoms with Crippen molar-refractivity contribution < 1.29 is 9.50 Å². The Labute approximate surface area is 120 Å². The smallest absolute Gasteiger partial charge is 0.191 e. The van der Waals surface area contributed by atoms with Crippen LogP contribution in [0.5, 0.6) is 0 Å². The summed E-state index contributed by atoms with van der Waals surface area (Å²) < 4.78 is 13.3. The van der Waals surface area contributed by atoms with Crippen LogP contribution in [0.1, 0.15) is 31.9 Å². The molecule has 1 aromatic carbocycles. The molecular formula is C15H24FN3O. The second-order valence-corrected chi connectivity index (χ2v) is 5.19. The number of hydrogen-bond acceptors (Lipinski definition) is 2. The van der Waals surface area contributed by atoms with Crippen molar-refractivity contribution in [2.75, 3.05) is 7.05 Å². The van der Waals surface area contributed by atoms with Crippen molar-refractivity contribution in [3.05, 3.63) is 35.1 Å². The Morgan fingerprint density at radius 2 is 2.05 bits per heavy atom. The van der Waals surface area contributed by atoms with Crippen LogP contribution in [0.3, 0.4) is 0 Å². The number of benzene rings is 1. The van der Waals surface area contributed by atoms with Gasteiger partial charge in [-0.1, -0.05) is 19.9 Å². The van der Waals surface area contributed by atoms with Crippen molar-refractivity contribution in [2.24, 2.45) is 10.9 Å². The molecule has 0 aliphatic heterocycles. The Morgan fingerprint density at radius 1 is 1.35 bits per heavy atom. The van der Waals surface area contributed by atoms with Gasteiger partial charge < -0.3 is 15.7 Å². The molecule has 0 fully saturated rings. The summed E-state index contributed by atoms with van der Waals surface area (Å²) in [6.07, 6.45) is 0. The van der Waals surface area contributed by atoms with Gasteiger partial charge in [-0.25, -0.2) is 4.39 Å². The summed E-state index contributed by atoms with van der Waals surface area (Å²) in [7, 11) is 1.71. The molecule has 0 radical (unpaired) electrons. The molecular weight excluding hydrogens is 257 g/mol. The fourth-order valence-electron chi connectivity index (χ4n) is 1.62. The summed E-state index contributed by atoms with van der Waals surface area (Å²) >= 11 is 0. The first-order valence-electron chi connectivity index (χ1n) is 6.83. The maximum atomic E-state index is 13.3. The van der Waals surface area contributed by atoms with Gasteiger partial charge in [0, 0.05) is 25.2 Å². The van der Waals surface area contributed by atoms with E-state index in [-0.39, 0.29) is 12.4 Å². The molecule has 4 nitrogen and oxygen atoms in total. The molecule has 0 aliphatic rings. The summed E-state index contributed by atoms with van der Waals surface area (Å²) in [5.74, 6) is 0.827. The zero-order chi connectivity index (χ0) is 15.1. The number of hydrogen-bond donors (Lipinski definition) is 3. The highest BCUT2D eigenvalue weighted by molar-refractivity contribution is 5.79. The van der Waals surface area contributed by atoms with E-state index in [1.165, 1.54) is 6.07 Å². The number of rotatable bonds is 5. The van der Waals surface area contributed by atoms with Crippen molar-refractivity contribution in [3.8, 4) is 0 Å². The van der Waals surface area contributed by atoms with E-state index in [1.807, 2.05) is 0 Å². The first kappa shape index (κ1) is 16.4. The van der Waals surface area contributed by atoms with Gasteiger partial charge in [-0.2, -0.15) is 0 Å². The Kier molecular flexibility index (Phi) is 6.45. The minimum absolute atomic E-state index is 0.295. The number of nitrogens with zero attached hydrogens (tertiary/aromatic N) is 1. The maximum absolute atomic E-state index is 13.3. The molecule has 3 N–H and O–H groups in total. The van der Waals surface area contributed by atoms with E-state index in [4.69, 9.17) is 5.11 Å². The Balaban J connectivity index is 2.61. The summed E-state index contributed by atoms with van der Waals surface area (Å²) in [5.41, 5.74) is 1.21. The van der Waals surface area contributed by atoms with Gasteiger partial charge in [0.1, 0.15) is 5.82 Å². The second-order valence-electron chi connectivity index (χ2n) is 5.19. The predicted molar refractivity (Wildman–Crippen MR) is 80.0 cm³/mol. The summed E-state index contributed by atoms with van der Waals surface area (Å²) in [5, 5.41) is 15.5. The molecule has 20 heavy (non-hydrogen) atoms. The van der Waals surface area contributed by atoms with Gasteiger partial charge in [0.15, 0.2) is 5.96 Å². The molecule has 112 valence electrons. The van der Waals surface area contributed by atoms with Crippen LogP contribution in [0.25, 0.3) is 0 Å². The molecule has 0 aliphatic carbocycles. The zero-order valence-electron chi connectivity index (χ0n) is 12.6. The van der Waals surface area contributed by atoms with Gasteiger partial charge in [0.25, 0.3) is 0 Å². The lowest BCUT2D eigenvalue weighted by Crippen LogP contribution is -2.43. The lowest BCUT2D eigenvalue weighted by molar-refractivity contribution is 0.275. The molecule has 0 spiro atoms. The Bertz CT molecular complexity index is 460. The number of guanidine groups is 1. The van der Waals surface area contributed by atoms with Crippen molar-refractivity contribution in [1.29, 1.82) is 0 Å². The van der Waals surface area contributed by atoms with Crippen LogP contribution in [0.2, 0.25) is 0 Å². The molecule has 0 heterocycles. The van der Waals surface area contributed by atoms with Crippen LogP contribution in [0.4, 0.5) is 4.39 Å². The van der Waals surface area contributed by atoms with Crippen LogP contribution in [-0.2, 0) is 13.2 Å². The molecule has 1 unspecified atom stereocenters. The average molecular weight is 281 g/mol. The summed E-state index contributed by atoms with van der Waals surface area (Å²) in [4.78, 5) is 4.16. The Morgan fingerprint density at radius 3 is 2.60 bits per heavy atom. The van der Waals surface area contributed by atoms with E-state index in [0.717, 1.165) is 5.56 Å². The van der Waals surface area contributed by atoms with Gasteiger partial charge in [-0.05, 0) is 30.5 Å². The van der Waals surface area contributed by atoms with E-state index in [2.05, 4.69) is 36.4 Å². The normalized spacial score (nSPS) is 13.4. The number of halogens is 1. The topological polar surface area (TPSA) is 56.7 Å². The fraction of sp³-hybridized carbons (Fsp3) is 0.533. The monoisotopic (exact) mass is 281 g/mol. The van der Waals surface area contributed by atoms with Gasteiger partial charge in [0.05, 0.1) is 6.61 Å². The van der Waals surface area contributed by atoms with Crippen molar-refractivity contribution in [2.45, 2.75) is 40.0 Å². The number of aliphatic imine (C=N–C) groups is 1. The third-order valence-electron chi connectivity index (χ3n) is 3.33. The highest BCUT2D eigenvalue weighted by Gasteiger charge is 2.09. The van der Waals surface area contributed by atoms with Gasteiger partial charge in [0.2, 0.25) is 0 Å². The molecule has 0 bridgehead atoms. The zero-order valence-corrected chi connectivity index (χ0v) is 12.6. The minimum Gasteiger partial charge on any atom is -0.392 e. The predicted octanol–water partition coefficient (Wildman–Crippen LogP) is 2.03. The van der Waals surface area contributed by atoms with Gasteiger partial charge >= 0.3 is 0 Å². The van der Waals surface area contributed by atoms with E-state index in [1.54, 1.807) is 19.2 Å². The third kappa shape index (κ3) is 4.81. The second kappa shape index (κ2) is 7.85. The fourth-order valence-corrected chi connectivity index (χ4v) is 1.62. The summed E-state index contributed by atoms with van der Waals surface area (Å²) in [6, 6.07) is 5.03. The van der Waals surface area contributed by atoms with Crippen LogP contribution < -0.4 is 10.6 Å². The Hall–Kier alpha value is -1.62. The maximum Gasteiger partial charge on any atom is 0.191 e. The summed E-state index contributed by atoms with van der Waals surface area (Å²) in [6.45, 7) is 6.60. The first-order valence-corrected chi connectivity index (χ1v) is 6.83. The van der Waals surface area contributed by atoms with Crippen molar-refractivity contribution in [1.82, 2.24) is 10.6 Å². The standard InChI is InChI=1S/C15H24FN3O/c1-10(2)11(3)19-15(17-4)18-8-12-5-6-14(16)13(7-12)9-20/h5-7,10-11,20H,8-9H2,1-4H3,(H2,17,18,19). The van der Waals surface area contributed by atoms with Gasteiger partial charge in [-0.3, -0.25) is 4.99 Å². The third-order valence-corrected chi connectivity index (χ3v) is 3.33. The number of aliphatic hydroxyl groups is 1. The lowest BCUT2D eigenvalue weighted by Gasteiger charge is -2.20. The average Bonchev–Trinajstić information content (AvgIpc) is 2.44. The lowest BCUT2D eigenvalue weighted by atomic mass is 10.1. The highest BCUT2D eigenvalue weighted by Crippen LogP contribution is 2.10. The van der Waals surface area contributed by atoms with Crippen LogP contribution in [0, 0.1) is 11.7 Å². The minimum atomic E-state index is -0.382. The molecule has 0 amide bonds. The van der Waals surface area contributed by atoms with E-state index < -0.39 is 0 Å². The molecule has 0 aromatic heterocycles. The molecule has 0 saturated carbocycles. The van der Waals surface area contributed by atoms with E-state index in [0.29, 0.717) is 30.0 Å². The SMILES string of the molecule is CN=C(NCc1ccc(F)c(CO)c1)NC(C)C(C)C. The quantitative estimate of drug-likeness (QED) is 0.572. The van der Waals surface area contributed by atoms with Crippen molar-refractivity contribution >= 4 is 5.96 Å². The van der Waals surface area contributed by atoms with Gasteiger partial charge in [-0.15, -0.1) is 0 Å². The largest absolute Gasteiger partial charge is 0.392 e. The van der Waals surface area contributed by atoms with E-state index >= 15 is 0 Å². The van der Waals surface area contributed by atoms with Crippen LogP contribution >= 0.6 is 0 Å². The van der Waals surface area contributed by atoms with Crippen LogP contribution in [-0.4, -0.2) is 24.2 Å².